The first-order chi connectivity index (χ1) is 11.6. The molecular weight excluding hydrogens is 304 g/mol. The summed E-state index contributed by atoms with van der Waals surface area (Å²) in [6, 6.07) is 7.38. The molecule has 6 nitrogen and oxygen atoms in total. The zero-order chi connectivity index (χ0) is 16.7. The van der Waals surface area contributed by atoms with Crippen molar-refractivity contribution >= 4 is 10.9 Å². The molecule has 24 heavy (non-hydrogen) atoms. The maximum Gasteiger partial charge on any atom is 0.332 e. The molecule has 4 rings (SSSR count). The molecule has 1 aromatic carbocycles. The van der Waals surface area contributed by atoms with Crippen molar-refractivity contribution in [3.05, 3.63) is 63.1 Å². The Morgan fingerprint density at radius 2 is 1.92 bits per heavy atom. The highest BCUT2D eigenvalue weighted by Crippen LogP contribution is 2.33. The van der Waals surface area contributed by atoms with Gasteiger partial charge in [0.2, 0.25) is 0 Å². The van der Waals surface area contributed by atoms with Crippen LogP contribution in [-0.4, -0.2) is 27.2 Å². The summed E-state index contributed by atoms with van der Waals surface area (Å²) >= 11 is 0. The van der Waals surface area contributed by atoms with Gasteiger partial charge in [-0.3, -0.25) is 14.3 Å². The van der Waals surface area contributed by atoms with E-state index < -0.39 is 5.69 Å². The first-order valence-corrected chi connectivity index (χ1v) is 8.25. The number of benzene rings is 1. The number of hydrogen-bond acceptors (Lipinski definition) is 3. The average molecular weight is 324 g/mol. The lowest BCUT2D eigenvalue weighted by atomic mass is 9.90. The van der Waals surface area contributed by atoms with E-state index in [1.54, 1.807) is 0 Å². The maximum atomic E-state index is 12.0. The van der Waals surface area contributed by atoms with E-state index >= 15 is 0 Å². The van der Waals surface area contributed by atoms with Gasteiger partial charge in [-0.25, -0.2) is 4.79 Å². The van der Waals surface area contributed by atoms with Crippen molar-refractivity contribution in [3.8, 4) is 5.69 Å². The van der Waals surface area contributed by atoms with Gasteiger partial charge < -0.3 is 9.88 Å². The number of aryl methyl sites for hydroxylation is 1. The molecule has 0 radical (unpaired) electrons. The van der Waals surface area contributed by atoms with E-state index in [-0.39, 0.29) is 5.56 Å². The molecule has 2 aromatic heterocycles. The number of hydrogen-bond donors (Lipinski definition) is 2. The minimum absolute atomic E-state index is 0.385. The molecule has 0 atom stereocenters. The number of nitrogens with zero attached hydrogens (tertiary/aromatic N) is 2. The van der Waals surface area contributed by atoms with Crippen LogP contribution in [0.15, 0.2) is 46.2 Å². The number of H-pyrrole nitrogens is 1. The summed E-state index contributed by atoms with van der Waals surface area (Å²) in [5.41, 5.74) is 2.43. The Hall–Kier alpha value is -2.60. The van der Waals surface area contributed by atoms with Crippen molar-refractivity contribution < 1.29 is 0 Å². The van der Waals surface area contributed by atoms with E-state index in [1.165, 1.54) is 27.8 Å². The molecule has 0 unspecified atom stereocenters. The Balaban J connectivity index is 1.83. The minimum atomic E-state index is -0.422. The van der Waals surface area contributed by atoms with Gasteiger partial charge in [-0.05, 0) is 49.5 Å². The number of fused-ring (bicyclic) bond motifs is 1. The van der Waals surface area contributed by atoms with Crippen LogP contribution in [-0.2, 0) is 7.05 Å². The van der Waals surface area contributed by atoms with Gasteiger partial charge in [-0.2, -0.15) is 0 Å². The van der Waals surface area contributed by atoms with Crippen molar-refractivity contribution in [2.24, 2.45) is 7.05 Å². The van der Waals surface area contributed by atoms with Crippen LogP contribution < -0.4 is 16.6 Å². The standard InChI is InChI=1S/C18H20N4O2/c1-21-11-15(12-4-7-19-8-5-12)14-3-2-13(10-16(14)21)22-9-6-17(23)20-18(22)24/h2-3,6,9-12,19H,4-5,7-8H2,1H3,(H,20,23,24). The second-order valence-electron chi connectivity index (χ2n) is 6.40. The van der Waals surface area contributed by atoms with Crippen molar-refractivity contribution in [2.45, 2.75) is 18.8 Å². The quantitative estimate of drug-likeness (QED) is 0.750. The Bertz CT molecular complexity index is 1010. The summed E-state index contributed by atoms with van der Waals surface area (Å²) in [6.07, 6.45) is 6.03. The SMILES string of the molecule is Cn1cc(C2CCNCC2)c2ccc(-n3ccc(=O)[nH]c3=O)cc21. The van der Waals surface area contributed by atoms with Gasteiger partial charge >= 0.3 is 5.69 Å². The molecule has 2 N–H and O–H groups in total. The topological polar surface area (TPSA) is 71.8 Å². The Labute approximate surface area is 138 Å². The lowest BCUT2D eigenvalue weighted by molar-refractivity contribution is 0.462. The lowest BCUT2D eigenvalue weighted by Gasteiger charge is -2.22. The molecule has 1 fully saturated rings. The van der Waals surface area contributed by atoms with Crippen LogP contribution in [0, 0.1) is 0 Å². The molecular formula is C18H20N4O2. The van der Waals surface area contributed by atoms with Crippen LogP contribution in [0.5, 0.6) is 0 Å². The van der Waals surface area contributed by atoms with Crippen molar-refractivity contribution in [1.29, 1.82) is 0 Å². The van der Waals surface area contributed by atoms with E-state index in [1.807, 2.05) is 19.2 Å². The number of nitrogens with one attached hydrogen (secondary N) is 2. The van der Waals surface area contributed by atoms with Gasteiger partial charge in [-0.15, -0.1) is 0 Å². The normalized spacial score (nSPS) is 15.9. The number of aromatic amines is 1. The lowest BCUT2D eigenvalue weighted by Crippen LogP contribution is -2.27. The summed E-state index contributed by atoms with van der Waals surface area (Å²) in [5, 5.41) is 4.65. The van der Waals surface area contributed by atoms with Gasteiger partial charge in [-0.1, -0.05) is 6.07 Å². The van der Waals surface area contributed by atoms with Gasteiger partial charge in [0.15, 0.2) is 0 Å². The highest BCUT2D eigenvalue weighted by atomic mass is 16.2. The second-order valence-corrected chi connectivity index (χ2v) is 6.40. The smallest absolute Gasteiger partial charge is 0.332 e. The van der Waals surface area contributed by atoms with Gasteiger partial charge in [0.1, 0.15) is 0 Å². The van der Waals surface area contributed by atoms with E-state index in [4.69, 9.17) is 0 Å². The zero-order valence-corrected chi connectivity index (χ0v) is 13.6. The molecule has 0 aliphatic carbocycles. The van der Waals surface area contributed by atoms with E-state index in [2.05, 4.69) is 27.1 Å². The van der Waals surface area contributed by atoms with Crippen molar-refractivity contribution in [3.63, 3.8) is 0 Å². The molecule has 0 bridgehead atoms. The summed E-state index contributed by atoms with van der Waals surface area (Å²) in [5.74, 6) is 0.580. The van der Waals surface area contributed by atoms with Crippen LogP contribution in [0.4, 0.5) is 0 Å². The third-order valence-electron chi connectivity index (χ3n) is 4.89. The fourth-order valence-electron chi connectivity index (χ4n) is 3.63. The highest BCUT2D eigenvalue weighted by Gasteiger charge is 2.19. The summed E-state index contributed by atoms with van der Waals surface area (Å²) in [7, 11) is 2.03. The first kappa shape index (κ1) is 15.0. The number of piperidine rings is 1. The highest BCUT2D eigenvalue weighted by molar-refractivity contribution is 5.86. The molecule has 0 amide bonds. The fraction of sp³-hybridized carbons (Fsp3) is 0.333. The van der Waals surface area contributed by atoms with Crippen LogP contribution in [0.3, 0.4) is 0 Å². The van der Waals surface area contributed by atoms with Crippen molar-refractivity contribution in [2.75, 3.05) is 13.1 Å². The van der Waals surface area contributed by atoms with Gasteiger partial charge in [0, 0.05) is 30.9 Å². The zero-order valence-electron chi connectivity index (χ0n) is 13.6. The van der Waals surface area contributed by atoms with Crippen LogP contribution in [0.2, 0.25) is 0 Å². The second kappa shape index (κ2) is 5.79. The van der Waals surface area contributed by atoms with Crippen LogP contribution in [0.25, 0.3) is 16.6 Å². The molecule has 1 aliphatic rings. The van der Waals surface area contributed by atoms with E-state index in [0.29, 0.717) is 5.92 Å². The predicted octanol–water partition coefficient (Wildman–Crippen LogP) is 1.48. The van der Waals surface area contributed by atoms with Gasteiger partial charge in [0.05, 0.1) is 11.2 Å². The van der Waals surface area contributed by atoms with E-state index in [0.717, 1.165) is 37.1 Å². The third-order valence-corrected chi connectivity index (χ3v) is 4.89. The molecule has 3 heterocycles. The van der Waals surface area contributed by atoms with E-state index in [9.17, 15) is 9.59 Å². The number of aromatic nitrogens is 3. The summed E-state index contributed by atoms with van der Waals surface area (Å²) in [6.45, 7) is 2.12. The molecule has 124 valence electrons. The first-order valence-electron chi connectivity index (χ1n) is 8.25. The molecule has 1 saturated heterocycles. The summed E-state index contributed by atoms with van der Waals surface area (Å²) in [4.78, 5) is 25.5. The summed E-state index contributed by atoms with van der Waals surface area (Å²) < 4.78 is 3.57. The molecule has 6 heteroatoms. The Kier molecular flexibility index (Phi) is 3.61. The maximum absolute atomic E-state index is 12.0. The third kappa shape index (κ3) is 2.49. The number of rotatable bonds is 2. The minimum Gasteiger partial charge on any atom is -0.350 e. The monoisotopic (exact) mass is 324 g/mol. The van der Waals surface area contributed by atoms with Crippen molar-refractivity contribution in [1.82, 2.24) is 19.4 Å². The predicted molar refractivity (Wildman–Crippen MR) is 94.0 cm³/mol. The van der Waals surface area contributed by atoms with Crippen LogP contribution in [0.1, 0.15) is 24.3 Å². The molecule has 3 aromatic rings. The fourth-order valence-corrected chi connectivity index (χ4v) is 3.63. The molecule has 0 saturated carbocycles. The Morgan fingerprint density at radius 1 is 1.12 bits per heavy atom. The average Bonchev–Trinajstić information content (AvgIpc) is 2.92. The molecule has 0 spiro atoms. The largest absolute Gasteiger partial charge is 0.350 e. The van der Waals surface area contributed by atoms with Crippen LogP contribution >= 0.6 is 0 Å². The Morgan fingerprint density at radius 3 is 2.67 bits per heavy atom. The van der Waals surface area contributed by atoms with Gasteiger partial charge in [0.25, 0.3) is 5.56 Å². The molecule has 1 aliphatic heterocycles.